The van der Waals surface area contributed by atoms with E-state index >= 15 is 0 Å². The molecule has 2 aromatic heterocycles. The summed E-state index contributed by atoms with van der Waals surface area (Å²) in [5.74, 6) is 1.17. The van der Waals surface area contributed by atoms with Crippen LogP contribution in [-0.4, -0.2) is 27.1 Å². The van der Waals surface area contributed by atoms with Crippen molar-refractivity contribution in [1.82, 2.24) is 14.7 Å². The molecule has 0 fully saturated rings. The summed E-state index contributed by atoms with van der Waals surface area (Å²) in [5, 5.41) is 14.1. The van der Waals surface area contributed by atoms with Crippen molar-refractivity contribution in [2.24, 2.45) is 0 Å². The van der Waals surface area contributed by atoms with Crippen molar-refractivity contribution in [3.63, 3.8) is 0 Å². The lowest BCUT2D eigenvalue weighted by Gasteiger charge is -2.27. The Labute approximate surface area is 179 Å². The van der Waals surface area contributed by atoms with Gasteiger partial charge in [0.05, 0.1) is 24.3 Å². The average molecular weight is 412 g/mol. The lowest BCUT2D eigenvalue weighted by molar-refractivity contribution is 0.0706. The molecule has 3 heterocycles. The molecule has 154 valence electrons. The van der Waals surface area contributed by atoms with Gasteiger partial charge in [0.1, 0.15) is 29.8 Å². The van der Waals surface area contributed by atoms with Crippen molar-refractivity contribution in [1.29, 1.82) is 5.26 Å². The summed E-state index contributed by atoms with van der Waals surface area (Å²) in [6.07, 6.45) is 0. The molecular weight excluding hydrogens is 392 g/mol. The van der Waals surface area contributed by atoms with Crippen LogP contribution in [0.15, 0.2) is 59.0 Å². The number of carbonyl (C=O) groups excluding carboxylic acids is 1. The molecular formula is C24H20N4O3. The lowest BCUT2D eigenvalue weighted by Crippen LogP contribution is -2.38. The maximum atomic E-state index is 13.4. The highest BCUT2D eigenvalue weighted by molar-refractivity contribution is 6.07. The minimum absolute atomic E-state index is 0.0950. The number of amides is 1. The van der Waals surface area contributed by atoms with Crippen LogP contribution < -0.4 is 4.74 Å². The molecule has 7 heteroatoms. The van der Waals surface area contributed by atoms with Crippen LogP contribution in [0, 0.1) is 18.3 Å². The van der Waals surface area contributed by atoms with E-state index in [2.05, 4.69) is 11.2 Å². The second-order valence-electron chi connectivity index (χ2n) is 7.55. The second-order valence-corrected chi connectivity index (χ2v) is 7.55. The summed E-state index contributed by atoms with van der Waals surface area (Å²) < 4.78 is 13.6. The number of fused-ring (bicyclic) bond motifs is 2. The molecule has 7 nitrogen and oxygen atoms in total. The van der Waals surface area contributed by atoms with Crippen molar-refractivity contribution >= 4 is 16.9 Å². The smallest absolute Gasteiger partial charge is 0.258 e. The van der Waals surface area contributed by atoms with Gasteiger partial charge < -0.3 is 14.1 Å². The van der Waals surface area contributed by atoms with Gasteiger partial charge in [0.2, 0.25) is 0 Å². The topological polar surface area (TPSA) is 84.3 Å². The lowest BCUT2D eigenvalue weighted by atomic mass is 10.1. The van der Waals surface area contributed by atoms with Gasteiger partial charge in [-0.25, -0.2) is 0 Å². The Balaban J connectivity index is 1.41. The van der Waals surface area contributed by atoms with E-state index in [1.807, 2.05) is 48.5 Å². The number of carbonyl (C=O) groups is 1. The monoisotopic (exact) mass is 412 g/mol. The first-order chi connectivity index (χ1) is 15.1. The number of rotatable bonds is 4. The van der Waals surface area contributed by atoms with E-state index in [1.54, 1.807) is 22.6 Å². The maximum absolute atomic E-state index is 13.4. The molecule has 0 unspecified atom stereocenters. The third-order valence-electron chi connectivity index (χ3n) is 5.50. The highest BCUT2D eigenvalue weighted by atomic mass is 16.5. The zero-order valence-electron chi connectivity index (χ0n) is 17.0. The van der Waals surface area contributed by atoms with E-state index in [4.69, 9.17) is 14.4 Å². The molecule has 0 atom stereocenters. The van der Waals surface area contributed by atoms with Gasteiger partial charge in [-0.2, -0.15) is 10.4 Å². The zero-order chi connectivity index (χ0) is 21.4. The normalized spacial score (nSPS) is 13.1. The molecule has 0 radical (unpaired) electrons. The summed E-state index contributed by atoms with van der Waals surface area (Å²) in [7, 11) is 0. The van der Waals surface area contributed by atoms with Crippen molar-refractivity contribution in [2.75, 3.05) is 6.54 Å². The van der Waals surface area contributed by atoms with Gasteiger partial charge in [-0.1, -0.05) is 30.3 Å². The van der Waals surface area contributed by atoms with Gasteiger partial charge in [-0.05, 0) is 36.8 Å². The number of aromatic nitrogens is 2. The Morgan fingerprint density at radius 3 is 2.84 bits per heavy atom. The minimum atomic E-state index is -0.0950. The van der Waals surface area contributed by atoms with Crippen LogP contribution in [0.5, 0.6) is 5.75 Å². The maximum Gasteiger partial charge on any atom is 0.258 e. The molecule has 0 bridgehead atoms. The number of nitrogens with zero attached hydrogens (tertiary/aromatic N) is 4. The van der Waals surface area contributed by atoms with Crippen LogP contribution >= 0.6 is 0 Å². The van der Waals surface area contributed by atoms with Gasteiger partial charge in [-0.3, -0.25) is 9.48 Å². The van der Waals surface area contributed by atoms with Crippen LogP contribution in [0.25, 0.3) is 11.0 Å². The van der Waals surface area contributed by atoms with Crippen molar-refractivity contribution < 1.29 is 13.9 Å². The number of aryl methyl sites for hydroxylation is 1. The predicted octanol–water partition coefficient (Wildman–Crippen LogP) is 4.04. The molecule has 2 aromatic carbocycles. The first kappa shape index (κ1) is 18.9. The fraction of sp³-hybridized carbons (Fsp3) is 0.208. The fourth-order valence-corrected chi connectivity index (χ4v) is 3.95. The van der Waals surface area contributed by atoms with Crippen molar-refractivity contribution in [3.8, 4) is 11.8 Å². The summed E-state index contributed by atoms with van der Waals surface area (Å²) in [6.45, 7) is 3.74. The third-order valence-corrected chi connectivity index (χ3v) is 5.50. The summed E-state index contributed by atoms with van der Waals surface area (Å²) in [4.78, 5) is 15.2. The Morgan fingerprint density at radius 1 is 1.19 bits per heavy atom. The number of nitriles is 1. The molecule has 0 spiro atoms. The van der Waals surface area contributed by atoms with Gasteiger partial charge >= 0.3 is 0 Å². The van der Waals surface area contributed by atoms with Gasteiger partial charge in [0, 0.05) is 11.9 Å². The van der Waals surface area contributed by atoms with Crippen LogP contribution in [-0.2, 0) is 19.7 Å². The van der Waals surface area contributed by atoms with Crippen LogP contribution in [0.2, 0.25) is 0 Å². The molecule has 4 aromatic rings. The van der Waals surface area contributed by atoms with Gasteiger partial charge in [0.15, 0.2) is 5.69 Å². The molecule has 0 N–H and O–H groups in total. The number of furan rings is 1. The molecule has 31 heavy (non-hydrogen) atoms. The Hall–Kier alpha value is -4.05. The minimum Gasteiger partial charge on any atom is -0.489 e. The summed E-state index contributed by atoms with van der Waals surface area (Å²) >= 11 is 0. The van der Waals surface area contributed by atoms with E-state index in [-0.39, 0.29) is 5.91 Å². The van der Waals surface area contributed by atoms with E-state index in [0.29, 0.717) is 54.6 Å². The van der Waals surface area contributed by atoms with E-state index < -0.39 is 0 Å². The summed E-state index contributed by atoms with van der Waals surface area (Å²) in [6, 6.07) is 19.3. The van der Waals surface area contributed by atoms with E-state index in [0.717, 1.165) is 16.6 Å². The largest absolute Gasteiger partial charge is 0.489 e. The van der Waals surface area contributed by atoms with E-state index in [9.17, 15) is 4.79 Å². The Morgan fingerprint density at radius 2 is 2.03 bits per heavy atom. The summed E-state index contributed by atoms with van der Waals surface area (Å²) in [5.41, 5.74) is 3.50. The molecule has 0 saturated carbocycles. The van der Waals surface area contributed by atoms with Crippen molar-refractivity contribution in [3.05, 3.63) is 82.9 Å². The number of hydrogen-bond acceptors (Lipinski definition) is 5. The Bertz CT molecular complexity index is 1310. The zero-order valence-corrected chi connectivity index (χ0v) is 17.0. The highest BCUT2D eigenvalue weighted by Gasteiger charge is 2.27. The van der Waals surface area contributed by atoms with E-state index in [1.165, 1.54) is 0 Å². The van der Waals surface area contributed by atoms with Crippen LogP contribution in [0.3, 0.4) is 0 Å². The van der Waals surface area contributed by atoms with Gasteiger partial charge in [0.25, 0.3) is 5.91 Å². The molecule has 0 aliphatic carbocycles. The van der Waals surface area contributed by atoms with Gasteiger partial charge in [-0.15, -0.1) is 0 Å². The SMILES string of the molecule is Cc1oc2ccc(OCc3ccccc3)cc2c1C(=O)N1CCn2nc(C#N)cc2C1. The predicted molar refractivity (Wildman–Crippen MR) is 113 cm³/mol. The quantitative estimate of drug-likeness (QED) is 0.505. The molecule has 1 amide bonds. The standard InChI is InChI=1S/C24H20N4O3/c1-16-23(24(29)27-9-10-28-19(14-27)11-18(13-25)26-28)21-12-20(7-8-22(21)31-16)30-15-17-5-3-2-4-6-17/h2-8,11-12H,9-10,14-15H2,1H3. The third kappa shape index (κ3) is 3.53. The fourth-order valence-electron chi connectivity index (χ4n) is 3.95. The number of hydrogen-bond donors (Lipinski definition) is 0. The van der Waals surface area contributed by atoms with Crippen LogP contribution in [0.4, 0.5) is 0 Å². The first-order valence-corrected chi connectivity index (χ1v) is 10.1. The second kappa shape index (κ2) is 7.65. The van der Waals surface area contributed by atoms with Crippen LogP contribution in [0.1, 0.15) is 33.1 Å². The molecule has 1 aliphatic heterocycles. The first-order valence-electron chi connectivity index (χ1n) is 10.1. The highest BCUT2D eigenvalue weighted by Crippen LogP contribution is 2.31. The Kier molecular flexibility index (Phi) is 4.68. The van der Waals surface area contributed by atoms with Crippen molar-refractivity contribution in [2.45, 2.75) is 26.6 Å². The number of ether oxygens (including phenoxy) is 1. The molecule has 1 aliphatic rings. The molecule has 0 saturated heterocycles. The molecule has 5 rings (SSSR count). The average Bonchev–Trinajstić information content (AvgIpc) is 3.36. The number of benzene rings is 2.